The number of thiocarbonyl (C=S) groups is 1. The molecule has 0 saturated carbocycles. The van der Waals surface area contributed by atoms with Gasteiger partial charge in [-0.2, -0.15) is 4.98 Å². The van der Waals surface area contributed by atoms with Gasteiger partial charge in [-0.05, 0) is 18.6 Å². The third kappa shape index (κ3) is 3.29. The van der Waals surface area contributed by atoms with Crippen LogP contribution in [0.5, 0.6) is 0 Å². The molecule has 0 saturated heterocycles. The van der Waals surface area contributed by atoms with Gasteiger partial charge in [-0.3, -0.25) is 0 Å². The zero-order valence-corrected chi connectivity index (χ0v) is 11.8. The van der Waals surface area contributed by atoms with Crippen LogP contribution in [-0.4, -0.2) is 21.7 Å². The van der Waals surface area contributed by atoms with Crippen LogP contribution in [0.1, 0.15) is 22.8 Å². The number of nitrogens with zero attached hydrogens (tertiary/aromatic N) is 2. The number of hydrogen-bond acceptors (Lipinski definition) is 5. The predicted molar refractivity (Wildman–Crippen MR) is 78.3 cm³/mol. The summed E-state index contributed by atoms with van der Waals surface area (Å²) >= 11 is 5.05. The summed E-state index contributed by atoms with van der Waals surface area (Å²) in [6.07, 6.45) is 0.683. The standard InChI is InChI=1S/C13H16N4OS/c1-8-4-3-5-10(13(14)19)12(8)15-7-6-11-16-9(2)18-17-11/h3-5,15H,6-7H2,1-2H3,(H2,14,19). The lowest BCUT2D eigenvalue weighted by molar-refractivity contribution is 0.387. The Balaban J connectivity index is 2.05. The van der Waals surface area contributed by atoms with Crippen molar-refractivity contribution in [1.82, 2.24) is 10.1 Å². The van der Waals surface area contributed by atoms with Crippen LogP contribution in [0.3, 0.4) is 0 Å². The van der Waals surface area contributed by atoms with Crippen LogP contribution in [-0.2, 0) is 6.42 Å². The zero-order valence-electron chi connectivity index (χ0n) is 10.9. The van der Waals surface area contributed by atoms with Crippen LogP contribution >= 0.6 is 12.2 Å². The van der Waals surface area contributed by atoms with Gasteiger partial charge in [0.05, 0.1) is 0 Å². The molecule has 1 aromatic heterocycles. The minimum Gasteiger partial charge on any atom is -0.389 e. The lowest BCUT2D eigenvalue weighted by atomic mass is 10.1. The molecule has 0 spiro atoms. The van der Waals surface area contributed by atoms with E-state index in [0.717, 1.165) is 16.8 Å². The topological polar surface area (TPSA) is 77.0 Å². The van der Waals surface area contributed by atoms with Gasteiger partial charge in [0.25, 0.3) is 0 Å². The fourth-order valence-electron chi connectivity index (χ4n) is 1.85. The molecule has 1 aromatic carbocycles. The Morgan fingerprint density at radius 1 is 1.42 bits per heavy atom. The van der Waals surface area contributed by atoms with E-state index in [1.54, 1.807) is 6.92 Å². The average molecular weight is 276 g/mol. The van der Waals surface area contributed by atoms with Gasteiger partial charge in [-0.1, -0.05) is 29.5 Å². The summed E-state index contributed by atoms with van der Waals surface area (Å²) in [6.45, 7) is 4.48. The number of aryl methyl sites for hydroxylation is 2. The first kappa shape index (κ1) is 13.5. The molecule has 0 radical (unpaired) electrons. The molecule has 0 atom stereocenters. The fraction of sp³-hybridized carbons (Fsp3) is 0.308. The van der Waals surface area contributed by atoms with Gasteiger partial charge in [-0.25, -0.2) is 0 Å². The van der Waals surface area contributed by atoms with Crippen LogP contribution in [0.4, 0.5) is 5.69 Å². The Morgan fingerprint density at radius 2 is 2.21 bits per heavy atom. The molecule has 3 N–H and O–H groups in total. The molecule has 0 unspecified atom stereocenters. The fourth-order valence-corrected chi connectivity index (χ4v) is 2.02. The van der Waals surface area contributed by atoms with E-state index in [-0.39, 0.29) is 0 Å². The van der Waals surface area contributed by atoms with Crippen molar-refractivity contribution >= 4 is 22.9 Å². The largest absolute Gasteiger partial charge is 0.389 e. The van der Waals surface area contributed by atoms with Crippen molar-refractivity contribution in [1.29, 1.82) is 0 Å². The highest BCUT2D eigenvalue weighted by Gasteiger charge is 2.08. The van der Waals surface area contributed by atoms with Crippen LogP contribution in [0.15, 0.2) is 22.7 Å². The van der Waals surface area contributed by atoms with Gasteiger partial charge in [0.1, 0.15) is 4.99 Å². The summed E-state index contributed by atoms with van der Waals surface area (Å²) in [7, 11) is 0. The van der Waals surface area contributed by atoms with Gasteiger partial charge in [0, 0.05) is 31.1 Å². The summed E-state index contributed by atoms with van der Waals surface area (Å²) in [5.41, 5.74) is 8.66. The van der Waals surface area contributed by atoms with E-state index < -0.39 is 0 Å². The summed E-state index contributed by atoms with van der Waals surface area (Å²) in [6, 6.07) is 5.87. The molecule has 0 fully saturated rings. The monoisotopic (exact) mass is 276 g/mol. The molecule has 0 bridgehead atoms. The minimum atomic E-state index is 0.390. The van der Waals surface area contributed by atoms with Gasteiger partial charge in [0.2, 0.25) is 5.89 Å². The minimum absolute atomic E-state index is 0.390. The van der Waals surface area contributed by atoms with Crippen molar-refractivity contribution < 1.29 is 4.52 Å². The van der Waals surface area contributed by atoms with E-state index >= 15 is 0 Å². The Hall–Kier alpha value is -1.95. The Bertz CT molecular complexity index is 594. The highest BCUT2D eigenvalue weighted by Crippen LogP contribution is 2.20. The summed E-state index contributed by atoms with van der Waals surface area (Å²) < 4.78 is 4.92. The average Bonchev–Trinajstić information content (AvgIpc) is 2.77. The zero-order chi connectivity index (χ0) is 13.8. The van der Waals surface area contributed by atoms with Gasteiger partial charge in [-0.15, -0.1) is 0 Å². The Kier molecular flexibility index (Phi) is 4.11. The van der Waals surface area contributed by atoms with Gasteiger partial charge < -0.3 is 15.6 Å². The van der Waals surface area contributed by atoms with E-state index in [2.05, 4.69) is 15.5 Å². The molecule has 0 amide bonds. The molecule has 0 aliphatic carbocycles. The number of anilines is 1. The molecule has 100 valence electrons. The first-order valence-electron chi connectivity index (χ1n) is 6.00. The maximum atomic E-state index is 5.72. The van der Waals surface area contributed by atoms with E-state index in [0.29, 0.717) is 29.7 Å². The van der Waals surface area contributed by atoms with Crippen molar-refractivity contribution in [3.63, 3.8) is 0 Å². The van der Waals surface area contributed by atoms with Crippen molar-refractivity contribution in [3.8, 4) is 0 Å². The first-order valence-corrected chi connectivity index (χ1v) is 6.41. The van der Waals surface area contributed by atoms with E-state index in [4.69, 9.17) is 22.5 Å². The molecule has 6 heteroatoms. The highest BCUT2D eigenvalue weighted by molar-refractivity contribution is 7.80. The second kappa shape index (κ2) is 5.79. The van der Waals surface area contributed by atoms with Crippen molar-refractivity contribution in [2.45, 2.75) is 20.3 Å². The molecule has 19 heavy (non-hydrogen) atoms. The van der Waals surface area contributed by atoms with E-state index in [1.165, 1.54) is 0 Å². The van der Waals surface area contributed by atoms with Crippen molar-refractivity contribution in [3.05, 3.63) is 41.0 Å². The molecule has 2 rings (SSSR count). The predicted octanol–water partition coefficient (Wildman–Crippen LogP) is 1.98. The second-order valence-corrected chi connectivity index (χ2v) is 4.71. The van der Waals surface area contributed by atoms with Crippen molar-refractivity contribution in [2.75, 3.05) is 11.9 Å². The Labute approximate surface area is 117 Å². The second-order valence-electron chi connectivity index (χ2n) is 4.27. The summed E-state index contributed by atoms with van der Waals surface area (Å²) in [4.78, 5) is 4.54. The van der Waals surface area contributed by atoms with E-state index in [9.17, 15) is 0 Å². The SMILES string of the molecule is Cc1nc(CCNc2c(C)cccc2C(N)=S)no1. The third-order valence-electron chi connectivity index (χ3n) is 2.76. The molecule has 1 heterocycles. The molecule has 0 aliphatic rings. The number of rotatable bonds is 5. The number of benzene rings is 1. The lowest BCUT2D eigenvalue weighted by Crippen LogP contribution is -2.15. The van der Waals surface area contributed by atoms with Crippen molar-refractivity contribution in [2.24, 2.45) is 5.73 Å². The van der Waals surface area contributed by atoms with Crippen LogP contribution < -0.4 is 11.1 Å². The normalized spacial score (nSPS) is 10.4. The molecule has 5 nitrogen and oxygen atoms in total. The summed E-state index contributed by atoms with van der Waals surface area (Å²) in [5, 5.41) is 7.18. The van der Waals surface area contributed by atoms with Gasteiger partial charge in [0.15, 0.2) is 5.82 Å². The number of para-hydroxylation sites is 1. The van der Waals surface area contributed by atoms with Crippen LogP contribution in [0, 0.1) is 13.8 Å². The maximum absolute atomic E-state index is 5.72. The quantitative estimate of drug-likeness (QED) is 0.813. The lowest BCUT2D eigenvalue weighted by Gasteiger charge is -2.13. The van der Waals surface area contributed by atoms with Crippen LogP contribution in [0.2, 0.25) is 0 Å². The molecule has 0 aliphatic heterocycles. The smallest absolute Gasteiger partial charge is 0.223 e. The number of hydrogen-bond donors (Lipinski definition) is 2. The molecular formula is C13H16N4OS. The third-order valence-corrected chi connectivity index (χ3v) is 2.98. The number of nitrogens with one attached hydrogen (secondary N) is 1. The molecular weight excluding hydrogens is 260 g/mol. The van der Waals surface area contributed by atoms with E-state index in [1.807, 2.05) is 25.1 Å². The highest BCUT2D eigenvalue weighted by atomic mass is 32.1. The number of aromatic nitrogens is 2. The molecule has 2 aromatic rings. The van der Waals surface area contributed by atoms with Crippen LogP contribution in [0.25, 0.3) is 0 Å². The maximum Gasteiger partial charge on any atom is 0.223 e. The number of nitrogens with two attached hydrogens (primary N) is 1. The Morgan fingerprint density at radius 3 is 2.84 bits per heavy atom. The summed E-state index contributed by atoms with van der Waals surface area (Å²) in [5.74, 6) is 1.27. The first-order chi connectivity index (χ1) is 9.08. The van der Waals surface area contributed by atoms with Gasteiger partial charge >= 0.3 is 0 Å².